The molecule has 198 valence electrons. The van der Waals surface area contributed by atoms with Crippen LogP contribution >= 0.6 is 34.5 Å². The van der Waals surface area contributed by atoms with Gasteiger partial charge in [-0.25, -0.2) is 4.39 Å². The Hall–Kier alpha value is -1.60. The lowest BCUT2D eigenvalue weighted by atomic mass is 10.0. The van der Waals surface area contributed by atoms with Crippen LogP contribution in [0.25, 0.3) is 11.3 Å². The van der Waals surface area contributed by atoms with Crippen molar-refractivity contribution in [2.75, 3.05) is 18.0 Å². The maximum Gasteiger partial charge on any atom is 0.123 e. The fourth-order valence-corrected chi connectivity index (χ4v) is 6.28. The molecule has 0 bridgehead atoms. The zero-order valence-corrected chi connectivity index (χ0v) is 23.8. The average Bonchev–Trinajstić information content (AvgIpc) is 3.43. The summed E-state index contributed by atoms with van der Waals surface area (Å²) in [6.07, 6.45) is 12.4. The highest BCUT2D eigenvalue weighted by Crippen LogP contribution is 2.43. The molecule has 0 saturated heterocycles. The topological polar surface area (TPSA) is 47.1 Å². The van der Waals surface area contributed by atoms with Gasteiger partial charge in [0.2, 0.25) is 0 Å². The van der Waals surface area contributed by atoms with Crippen molar-refractivity contribution in [3.63, 3.8) is 0 Å². The van der Waals surface area contributed by atoms with E-state index < -0.39 is 0 Å². The molecule has 1 aromatic carbocycles. The Labute approximate surface area is 229 Å². The summed E-state index contributed by atoms with van der Waals surface area (Å²) in [5.41, 5.74) is 8.98. The Balaban J connectivity index is 1.79. The van der Waals surface area contributed by atoms with Gasteiger partial charge in [-0.1, -0.05) is 87.2 Å². The predicted molar refractivity (Wildman–Crippen MR) is 154 cm³/mol. The van der Waals surface area contributed by atoms with Gasteiger partial charge in [-0.05, 0) is 43.5 Å². The first-order valence-electron chi connectivity index (χ1n) is 13.2. The molecule has 4 nitrogen and oxygen atoms in total. The number of hydrogen-bond donors (Lipinski definition) is 1. The second-order valence-electron chi connectivity index (χ2n) is 9.32. The molecule has 36 heavy (non-hydrogen) atoms. The highest BCUT2D eigenvalue weighted by atomic mass is 35.5. The third-order valence-corrected chi connectivity index (χ3v) is 8.30. The van der Waals surface area contributed by atoms with E-state index in [1.54, 1.807) is 29.7 Å². The summed E-state index contributed by atoms with van der Waals surface area (Å²) >= 11 is 14.8. The lowest BCUT2D eigenvalue weighted by Crippen LogP contribution is -2.42. The normalized spacial score (nSPS) is 12.3. The number of benzene rings is 1. The second-order valence-corrected chi connectivity index (χ2v) is 11.4. The lowest BCUT2D eigenvalue weighted by Gasteiger charge is -2.32. The molecule has 0 fully saturated rings. The third kappa shape index (κ3) is 7.95. The van der Waals surface area contributed by atoms with Crippen LogP contribution in [0.3, 0.4) is 0 Å². The van der Waals surface area contributed by atoms with E-state index in [0.717, 1.165) is 34.8 Å². The molecule has 0 spiro atoms. The number of thiophene rings is 1. The van der Waals surface area contributed by atoms with E-state index in [4.69, 9.17) is 28.9 Å². The molecular weight excluding hydrogens is 514 g/mol. The van der Waals surface area contributed by atoms with Crippen LogP contribution in [0.15, 0.2) is 36.5 Å². The summed E-state index contributed by atoms with van der Waals surface area (Å²) in [5.74, 6) is -0.221. The number of aromatic nitrogens is 2. The van der Waals surface area contributed by atoms with Crippen molar-refractivity contribution < 1.29 is 4.39 Å². The monoisotopic (exact) mass is 552 g/mol. The molecule has 0 radical (unpaired) electrons. The fraction of sp³-hybridized carbons (Fsp3) is 0.536. The first-order valence-corrected chi connectivity index (χ1v) is 14.8. The van der Waals surface area contributed by atoms with E-state index in [9.17, 15) is 4.39 Å². The Morgan fingerprint density at radius 3 is 2.44 bits per heavy atom. The van der Waals surface area contributed by atoms with Gasteiger partial charge >= 0.3 is 0 Å². The summed E-state index contributed by atoms with van der Waals surface area (Å²) in [7, 11) is 0. The Morgan fingerprint density at radius 1 is 1.06 bits per heavy atom. The Bertz CT molecular complexity index is 1070. The van der Waals surface area contributed by atoms with E-state index in [2.05, 4.69) is 23.0 Å². The maximum atomic E-state index is 13.9. The van der Waals surface area contributed by atoms with Crippen LogP contribution < -0.4 is 10.6 Å². The number of aryl methyl sites for hydroxylation is 1. The van der Waals surface area contributed by atoms with E-state index in [1.807, 2.05) is 17.7 Å². The van der Waals surface area contributed by atoms with Gasteiger partial charge in [-0.15, -0.1) is 11.3 Å². The van der Waals surface area contributed by atoms with Crippen molar-refractivity contribution >= 4 is 39.5 Å². The molecule has 2 heterocycles. The number of halogens is 3. The molecule has 0 saturated carbocycles. The van der Waals surface area contributed by atoms with E-state index in [-0.39, 0.29) is 11.9 Å². The fourth-order valence-electron chi connectivity index (χ4n) is 4.67. The molecule has 2 N–H and O–H groups in total. The van der Waals surface area contributed by atoms with Gasteiger partial charge in [0.15, 0.2) is 0 Å². The minimum atomic E-state index is -0.221. The van der Waals surface area contributed by atoms with Crippen LogP contribution in [0.1, 0.15) is 70.8 Å². The van der Waals surface area contributed by atoms with Gasteiger partial charge in [0.1, 0.15) is 10.2 Å². The van der Waals surface area contributed by atoms with Crippen LogP contribution in [-0.4, -0.2) is 28.9 Å². The smallest absolute Gasteiger partial charge is 0.123 e. The van der Waals surface area contributed by atoms with Crippen LogP contribution in [0.2, 0.25) is 9.36 Å². The minimum absolute atomic E-state index is 0.0329. The number of nitrogens with two attached hydrogens (primary N) is 1. The standard InChI is InChI=1S/C28H39Cl2FN4S/c1-3-5-6-7-8-9-10-11-15-34(23(19-32)17-21-13-12-14-22(31)16-21)26-18-24(28(30)36-26)27-25(29)20-33-35(27)4-2/h12-14,16,18,20,23H,3-11,15,17,19,32H2,1-2H3/t23-/m0/s1. The largest absolute Gasteiger partial charge is 0.359 e. The van der Waals surface area contributed by atoms with Gasteiger partial charge < -0.3 is 10.6 Å². The zero-order chi connectivity index (χ0) is 25.9. The lowest BCUT2D eigenvalue weighted by molar-refractivity contribution is 0.543. The second kappa shape index (κ2) is 15.0. The highest BCUT2D eigenvalue weighted by Gasteiger charge is 2.24. The summed E-state index contributed by atoms with van der Waals surface area (Å²) in [5, 5.41) is 6.03. The molecule has 0 amide bonds. The first kappa shape index (κ1) is 29.0. The molecule has 0 aliphatic heterocycles. The van der Waals surface area contributed by atoms with Gasteiger partial charge in [-0.3, -0.25) is 4.68 Å². The van der Waals surface area contributed by atoms with Crippen LogP contribution in [0.5, 0.6) is 0 Å². The summed E-state index contributed by atoms with van der Waals surface area (Å²) in [6.45, 7) is 6.33. The van der Waals surface area contributed by atoms with E-state index >= 15 is 0 Å². The molecule has 0 unspecified atom stereocenters. The molecule has 8 heteroatoms. The molecule has 3 aromatic rings. The number of anilines is 1. The highest BCUT2D eigenvalue weighted by molar-refractivity contribution is 7.20. The van der Waals surface area contributed by atoms with Crippen LogP contribution in [0, 0.1) is 5.82 Å². The Morgan fingerprint density at radius 2 is 1.78 bits per heavy atom. The summed E-state index contributed by atoms with van der Waals surface area (Å²) in [4.78, 5) is 2.36. The molecule has 3 rings (SSSR count). The van der Waals surface area contributed by atoms with Crippen LogP contribution in [-0.2, 0) is 13.0 Å². The average molecular weight is 554 g/mol. The van der Waals surface area contributed by atoms with Crippen molar-refractivity contribution in [3.8, 4) is 11.3 Å². The van der Waals surface area contributed by atoms with Crippen molar-refractivity contribution in [1.29, 1.82) is 0 Å². The van der Waals surface area contributed by atoms with E-state index in [0.29, 0.717) is 28.9 Å². The number of nitrogens with zero attached hydrogens (tertiary/aromatic N) is 3. The van der Waals surface area contributed by atoms with Crippen molar-refractivity contribution in [1.82, 2.24) is 9.78 Å². The van der Waals surface area contributed by atoms with Crippen molar-refractivity contribution in [2.45, 2.75) is 84.2 Å². The van der Waals surface area contributed by atoms with Gasteiger partial charge in [-0.2, -0.15) is 5.10 Å². The van der Waals surface area contributed by atoms with Crippen molar-refractivity contribution in [2.24, 2.45) is 5.73 Å². The zero-order valence-electron chi connectivity index (χ0n) is 21.5. The van der Waals surface area contributed by atoms with Crippen molar-refractivity contribution in [3.05, 3.63) is 57.3 Å². The molecular formula is C28H39Cl2FN4S. The molecule has 2 aromatic heterocycles. The van der Waals surface area contributed by atoms with Crippen LogP contribution in [0.4, 0.5) is 9.39 Å². The summed E-state index contributed by atoms with van der Waals surface area (Å²) < 4.78 is 16.4. The Kier molecular flexibility index (Phi) is 12.0. The SMILES string of the molecule is CCCCCCCCCCN(c1cc(-c2c(Cl)cnn2CC)c(Cl)s1)[C@H](CN)Cc1cccc(F)c1. The predicted octanol–water partition coefficient (Wildman–Crippen LogP) is 8.59. The molecule has 1 atom stereocenters. The molecule has 0 aliphatic carbocycles. The number of hydrogen-bond acceptors (Lipinski definition) is 4. The minimum Gasteiger partial charge on any atom is -0.359 e. The summed E-state index contributed by atoms with van der Waals surface area (Å²) in [6, 6.07) is 8.95. The van der Waals surface area contributed by atoms with Gasteiger partial charge in [0.05, 0.1) is 21.9 Å². The first-order chi connectivity index (χ1) is 17.5. The van der Waals surface area contributed by atoms with Gasteiger partial charge in [0.25, 0.3) is 0 Å². The number of rotatable bonds is 16. The quantitative estimate of drug-likeness (QED) is 0.181. The number of unbranched alkanes of at least 4 members (excludes halogenated alkanes) is 7. The maximum absolute atomic E-state index is 13.9. The van der Waals surface area contributed by atoms with E-state index in [1.165, 1.54) is 51.0 Å². The molecule has 0 aliphatic rings. The third-order valence-electron chi connectivity index (χ3n) is 6.63. The van der Waals surface area contributed by atoms with Gasteiger partial charge in [0, 0.05) is 31.2 Å².